The van der Waals surface area contributed by atoms with Crippen molar-refractivity contribution in [2.45, 2.75) is 51.6 Å². The normalized spacial score (nSPS) is 11.4. The van der Waals surface area contributed by atoms with Gasteiger partial charge in [0.05, 0.1) is 44.3 Å². The number of methoxy groups -OCH3 is 1. The fourth-order valence-corrected chi connectivity index (χ4v) is 6.46. The van der Waals surface area contributed by atoms with E-state index in [2.05, 4.69) is 20.8 Å². The molecule has 2 heterocycles. The van der Waals surface area contributed by atoms with Crippen LogP contribution in [0.15, 0.2) is 53.7 Å². The molecule has 2 N–H and O–H groups in total. The molecule has 1 atom stereocenters. The Kier molecular flexibility index (Phi) is 12.6. The van der Waals surface area contributed by atoms with Crippen LogP contribution in [-0.2, 0) is 20.8 Å². The fourth-order valence-electron chi connectivity index (χ4n) is 4.48. The summed E-state index contributed by atoms with van der Waals surface area (Å²) in [6, 6.07) is 14.0. The number of hydrogen-bond acceptors (Lipinski definition) is 12. The molecule has 2 aromatic heterocycles. The van der Waals surface area contributed by atoms with E-state index in [0.29, 0.717) is 45.9 Å². The van der Waals surface area contributed by atoms with E-state index in [1.165, 1.54) is 0 Å². The molecule has 254 valence electrons. The van der Waals surface area contributed by atoms with Crippen molar-refractivity contribution in [2.75, 3.05) is 32.2 Å². The molecule has 0 radical (unpaired) electrons. The molecule has 0 aliphatic heterocycles. The molecular weight excluding hydrogens is 659 g/mol. The Morgan fingerprint density at radius 3 is 2.17 bits per heavy atom. The van der Waals surface area contributed by atoms with E-state index in [4.69, 9.17) is 18.9 Å². The third-order valence-corrected chi connectivity index (χ3v) is 9.07. The first-order chi connectivity index (χ1) is 23.1. The zero-order valence-corrected chi connectivity index (χ0v) is 29.1. The summed E-state index contributed by atoms with van der Waals surface area (Å²) < 4.78 is 22.9. The summed E-state index contributed by atoms with van der Waals surface area (Å²) in [5.74, 6) is -0.278. The van der Waals surface area contributed by atoms with Gasteiger partial charge < -0.3 is 29.6 Å². The Bertz CT molecular complexity index is 1750. The highest BCUT2D eigenvalue weighted by Gasteiger charge is 2.29. The van der Waals surface area contributed by atoms with Crippen molar-refractivity contribution in [3.8, 4) is 17.2 Å². The van der Waals surface area contributed by atoms with Gasteiger partial charge in [-0.1, -0.05) is 11.8 Å². The zero-order valence-electron chi connectivity index (χ0n) is 27.4. The molecule has 0 saturated heterocycles. The second-order valence-corrected chi connectivity index (χ2v) is 12.4. The van der Waals surface area contributed by atoms with Gasteiger partial charge in [0.25, 0.3) is 5.91 Å². The summed E-state index contributed by atoms with van der Waals surface area (Å²) in [5, 5.41) is 14.2. The number of rotatable bonds is 15. The second-order valence-electron chi connectivity index (χ2n) is 10.0. The number of carbonyl (C=O) groups excluding carboxylic acids is 4. The molecule has 0 fully saturated rings. The van der Waals surface area contributed by atoms with Gasteiger partial charge in [-0.3, -0.25) is 14.2 Å². The smallest absolute Gasteiger partial charge is 0.348 e. The number of carbonyl (C=O) groups is 4. The Hall–Kier alpha value is -4.89. The van der Waals surface area contributed by atoms with Gasteiger partial charge in [0.2, 0.25) is 5.91 Å². The number of nitrogens with one attached hydrogen (secondary N) is 2. The van der Waals surface area contributed by atoms with Crippen LogP contribution in [0.2, 0.25) is 0 Å². The lowest BCUT2D eigenvalue weighted by Crippen LogP contribution is -2.25. The first kappa shape index (κ1) is 36.0. The summed E-state index contributed by atoms with van der Waals surface area (Å²) in [6.07, 6.45) is 0. The minimum atomic E-state index is -0.735. The third kappa shape index (κ3) is 8.52. The van der Waals surface area contributed by atoms with Crippen molar-refractivity contribution in [2.24, 2.45) is 0 Å². The van der Waals surface area contributed by atoms with Gasteiger partial charge in [-0.15, -0.1) is 21.5 Å². The minimum Gasteiger partial charge on any atom is -0.497 e. The van der Waals surface area contributed by atoms with Crippen LogP contribution in [0.5, 0.6) is 11.5 Å². The maximum absolute atomic E-state index is 13.5. The molecule has 2 amide bonds. The number of aromatic nitrogens is 3. The van der Waals surface area contributed by atoms with Crippen molar-refractivity contribution in [1.82, 2.24) is 20.1 Å². The second kappa shape index (κ2) is 16.8. The molecule has 0 bridgehead atoms. The lowest BCUT2D eigenvalue weighted by atomic mass is 10.1. The number of ether oxygens (including phenoxy) is 4. The van der Waals surface area contributed by atoms with Gasteiger partial charge in [0.1, 0.15) is 21.4 Å². The topological polar surface area (TPSA) is 160 Å². The number of benzene rings is 2. The highest BCUT2D eigenvalue weighted by molar-refractivity contribution is 8.00. The molecule has 15 heteroatoms. The fraction of sp³-hybridized carbons (Fsp3) is 0.333. The van der Waals surface area contributed by atoms with E-state index in [0.717, 1.165) is 23.1 Å². The lowest BCUT2D eigenvalue weighted by Gasteiger charge is -2.15. The van der Waals surface area contributed by atoms with E-state index in [1.807, 2.05) is 19.1 Å². The van der Waals surface area contributed by atoms with Crippen molar-refractivity contribution >= 4 is 51.9 Å². The number of nitrogens with zero attached hydrogens (tertiary/aromatic N) is 3. The SMILES string of the molecule is CCOC(=O)c1sc(NC(=O)[C@H](C)Sc2nnc(CNC(=O)c3ccc(OC)cc3)n2-c2ccc(OCC)cc2)c(C(=O)OCC)c1C. The van der Waals surface area contributed by atoms with Crippen LogP contribution in [0.4, 0.5) is 5.00 Å². The van der Waals surface area contributed by atoms with Crippen molar-refractivity contribution in [3.05, 3.63) is 75.9 Å². The molecule has 48 heavy (non-hydrogen) atoms. The van der Waals surface area contributed by atoms with Gasteiger partial charge in [0, 0.05) is 11.3 Å². The van der Waals surface area contributed by atoms with E-state index >= 15 is 0 Å². The molecule has 4 aromatic rings. The van der Waals surface area contributed by atoms with E-state index in [1.54, 1.807) is 75.8 Å². The average molecular weight is 696 g/mol. The average Bonchev–Trinajstić information content (AvgIpc) is 3.63. The number of hydrogen-bond donors (Lipinski definition) is 2. The molecule has 0 saturated carbocycles. The molecule has 0 unspecified atom stereocenters. The predicted molar refractivity (Wildman–Crippen MR) is 182 cm³/mol. The highest BCUT2D eigenvalue weighted by Crippen LogP contribution is 2.35. The number of anilines is 1. The van der Waals surface area contributed by atoms with Crippen LogP contribution in [0.25, 0.3) is 5.69 Å². The third-order valence-electron chi connectivity index (χ3n) is 6.84. The van der Waals surface area contributed by atoms with Gasteiger partial charge >= 0.3 is 11.9 Å². The van der Waals surface area contributed by atoms with Gasteiger partial charge in [-0.05, 0) is 88.7 Å². The van der Waals surface area contributed by atoms with E-state index < -0.39 is 23.1 Å². The summed E-state index contributed by atoms with van der Waals surface area (Å²) in [5.41, 5.74) is 1.59. The molecule has 0 spiro atoms. The monoisotopic (exact) mass is 695 g/mol. The lowest BCUT2D eigenvalue weighted by molar-refractivity contribution is -0.115. The Labute approximate surface area is 286 Å². The van der Waals surface area contributed by atoms with Crippen LogP contribution in [-0.4, -0.2) is 70.7 Å². The maximum atomic E-state index is 13.5. The molecule has 2 aromatic carbocycles. The van der Waals surface area contributed by atoms with Gasteiger partial charge in [-0.2, -0.15) is 0 Å². The predicted octanol–water partition coefficient (Wildman–Crippen LogP) is 5.45. The van der Waals surface area contributed by atoms with Crippen LogP contribution in [0.1, 0.15) is 69.5 Å². The molecular formula is C33H37N5O8S2. The van der Waals surface area contributed by atoms with Crippen molar-refractivity contribution in [1.29, 1.82) is 0 Å². The first-order valence-corrected chi connectivity index (χ1v) is 16.9. The van der Waals surface area contributed by atoms with Gasteiger partial charge in [-0.25, -0.2) is 9.59 Å². The number of thiophene rings is 1. The quantitative estimate of drug-likeness (QED) is 0.120. The van der Waals surface area contributed by atoms with Gasteiger partial charge in [0.15, 0.2) is 11.0 Å². The Balaban J connectivity index is 1.59. The molecule has 0 aliphatic rings. The number of thioether (sulfide) groups is 1. The van der Waals surface area contributed by atoms with Crippen LogP contribution in [0.3, 0.4) is 0 Å². The largest absolute Gasteiger partial charge is 0.497 e. The standard InChI is InChI=1S/C33H37N5O8S2/c1-7-44-24-16-12-22(13-17-24)38-25(18-34-29(40)21-10-14-23(43-6)15-11-21)36-37-33(38)47-20(5)28(39)35-30-26(31(41)45-8-2)19(4)27(48-30)32(42)46-9-3/h10-17,20H,7-9,18H2,1-6H3,(H,34,40)(H,35,39)/t20-/m0/s1. The number of esters is 2. The van der Waals surface area contributed by atoms with Crippen LogP contribution in [0, 0.1) is 6.92 Å². The van der Waals surface area contributed by atoms with Crippen LogP contribution >= 0.6 is 23.1 Å². The van der Waals surface area contributed by atoms with Crippen molar-refractivity contribution in [3.63, 3.8) is 0 Å². The highest BCUT2D eigenvalue weighted by atomic mass is 32.2. The Morgan fingerprint density at radius 1 is 0.896 bits per heavy atom. The van der Waals surface area contributed by atoms with Crippen LogP contribution < -0.4 is 20.1 Å². The summed E-state index contributed by atoms with van der Waals surface area (Å²) in [4.78, 5) is 52.0. The maximum Gasteiger partial charge on any atom is 0.348 e. The zero-order chi connectivity index (χ0) is 34.8. The summed E-state index contributed by atoms with van der Waals surface area (Å²) >= 11 is 2.08. The summed E-state index contributed by atoms with van der Waals surface area (Å²) in [7, 11) is 1.55. The molecule has 4 rings (SSSR count). The first-order valence-electron chi connectivity index (χ1n) is 15.2. The molecule has 13 nitrogen and oxygen atoms in total. The summed E-state index contributed by atoms with van der Waals surface area (Å²) in [6.45, 7) is 9.35. The van der Waals surface area contributed by atoms with Crippen molar-refractivity contribution < 1.29 is 38.1 Å². The van der Waals surface area contributed by atoms with E-state index in [9.17, 15) is 19.2 Å². The van der Waals surface area contributed by atoms with E-state index in [-0.39, 0.29) is 41.1 Å². The Morgan fingerprint density at radius 2 is 1.54 bits per heavy atom. The number of amides is 2. The minimum absolute atomic E-state index is 0.0419. The molecule has 0 aliphatic carbocycles.